The van der Waals surface area contributed by atoms with E-state index in [0.717, 1.165) is 6.42 Å². The van der Waals surface area contributed by atoms with Gasteiger partial charge in [0.2, 0.25) is 0 Å². The van der Waals surface area contributed by atoms with E-state index in [9.17, 15) is 0 Å². The zero-order valence-electron chi connectivity index (χ0n) is 10.4. The first-order valence-corrected chi connectivity index (χ1v) is 6.51. The lowest BCUT2D eigenvalue weighted by Crippen LogP contribution is -1.96. The summed E-state index contributed by atoms with van der Waals surface area (Å²) in [6, 6.07) is 17.4. The molecule has 2 aromatic carbocycles. The van der Waals surface area contributed by atoms with Gasteiger partial charge in [-0.05, 0) is 30.0 Å². The molecule has 88 valence electrons. The Hall–Kier alpha value is -1.21. The largest absolute Gasteiger partial charge is 0.176 e. The zero-order valence-corrected chi connectivity index (χ0v) is 11.2. The van der Waals surface area contributed by atoms with Gasteiger partial charge in [-0.25, -0.2) is 0 Å². The molecule has 0 saturated carbocycles. The van der Waals surface area contributed by atoms with Crippen LogP contribution in [0.5, 0.6) is 0 Å². The van der Waals surface area contributed by atoms with Gasteiger partial charge in [0.1, 0.15) is 0 Å². The summed E-state index contributed by atoms with van der Waals surface area (Å²) < 4.78 is 0. The smallest absolute Gasteiger partial charge is 0.00288 e. The van der Waals surface area contributed by atoms with Crippen LogP contribution in [0, 0.1) is 6.92 Å². The molecule has 0 bridgehead atoms. The molecule has 17 heavy (non-hydrogen) atoms. The normalized spacial score (nSPS) is 12.4. The summed E-state index contributed by atoms with van der Waals surface area (Å²) in [6.45, 7) is 4.23. The van der Waals surface area contributed by atoms with Crippen molar-refractivity contribution in [3.8, 4) is 11.1 Å². The van der Waals surface area contributed by atoms with E-state index in [1.54, 1.807) is 0 Å². The average molecular weight is 242 g/mol. The molecule has 0 spiro atoms. The molecule has 1 atom stereocenters. The highest BCUT2D eigenvalue weighted by Gasteiger charge is 2.00. The van der Waals surface area contributed by atoms with E-state index in [1.165, 1.54) is 22.3 Å². The molecule has 0 aliphatic carbocycles. The third-order valence-electron chi connectivity index (χ3n) is 2.87. The monoisotopic (exact) mass is 242 g/mol. The van der Waals surface area contributed by atoms with Crippen LogP contribution < -0.4 is 0 Å². The van der Waals surface area contributed by atoms with Crippen LogP contribution >= 0.6 is 12.6 Å². The molecule has 0 heterocycles. The van der Waals surface area contributed by atoms with E-state index in [4.69, 9.17) is 0 Å². The summed E-state index contributed by atoms with van der Waals surface area (Å²) in [5, 5.41) is 0.417. The van der Waals surface area contributed by atoms with E-state index in [-0.39, 0.29) is 0 Å². The fourth-order valence-electron chi connectivity index (χ4n) is 1.92. The highest BCUT2D eigenvalue weighted by atomic mass is 32.1. The molecule has 0 aromatic heterocycles. The fourth-order valence-corrected chi connectivity index (χ4v) is 2.13. The summed E-state index contributed by atoms with van der Waals surface area (Å²) in [5.41, 5.74) is 5.21. The van der Waals surface area contributed by atoms with Crippen molar-refractivity contribution in [3.05, 3.63) is 59.7 Å². The van der Waals surface area contributed by atoms with Crippen LogP contribution in [0.1, 0.15) is 18.1 Å². The lowest BCUT2D eigenvalue weighted by atomic mass is 10.0. The number of aryl methyl sites for hydroxylation is 1. The number of benzene rings is 2. The third-order valence-corrected chi connectivity index (χ3v) is 3.05. The molecule has 0 fully saturated rings. The standard InChI is InChI=1S/C16H18S/c1-12-3-7-15(8-4-12)16-9-5-14(6-10-16)11-13(2)17/h3-10,13,17H,11H2,1-2H3. The second-order valence-electron chi connectivity index (χ2n) is 4.62. The minimum atomic E-state index is 0.417. The van der Waals surface area contributed by atoms with Crippen molar-refractivity contribution < 1.29 is 0 Å². The van der Waals surface area contributed by atoms with E-state index in [2.05, 4.69) is 75.0 Å². The van der Waals surface area contributed by atoms with E-state index in [1.807, 2.05) is 0 Å². The lowest BCUT2D eigenvalue weighted by molar-refractivity contribution is 0.951. The summed E-state index contributed by atoms with van der Waals surface area (Å²) in [4.78, 5) is 0. The molecule has 0 saturated heterocycles. The molecular weight excluding hydrogens is 224 g/mol. The Labute approximate surface area is 109 Å². The van der Waals surface area contributed by atoms with Gasteiger partial charge in [-0.3, -0.25) is 0 Å². The first-order valence-electron chi connectivity index (χ1n) is 5.99. The molecule has 0 aliphatic heterocycles. The summed E-state index contributed by atoms with van der Waals surface area (Å²) in [7, 11) is 0. The topological polar surface area (TPSA) is 0 Å². The van der Waals surface area contributed by atoms with Crippen molar-refractivity contribution in [2.24, 2.45) is 0 Å². The molecule has 2 aromatic rings. The average Bonchev–Trinajstić information content (AvgIpc) is 2.30. The van der Waals surface area contributed by atoms with Gasteiger partial charge in [0.25, 0.3) is 0 Å². The lowest BCUT2D eigenvalue weighted by Gasteiger charge is -2.06. The van der Waals surface area contributed by atoms with Gasteiger partial charge in [-0.15, -0.1) is 0 Å². The summed E-state index contributed by atoms with van der Waals surface area (Å²) in [6.07, 6.45) is 1.03. The van der Waals surface area contributed by atoms with Gasteiger partial charge in [0, 0.05) is 5.25 Å². The SMILES string of the molecule is Cc1ccc(-c2ccc(CC(C)S)cc2)cc1. The van der Waals surface area contributed by atoms with Crippen LogP contribution in [0.2, 0.25) is 0 Å². The van der Waals surface area contributed by atoms with Gasteiger partial charge in [-0.2, -0.15) is 12.6 Å². The van der Waals surface area contributed by atoms with Crippen molar-refractivity contribution in [2.45, 2.75) is 25.5 Å². The summed E-state index contributed by atoms with van der Waals surface area (Å²) in [5.74, 6) is 0. The maximum Gasteiger partial charge on any atom is 0.00288 e. The predicted molar refractivity (Wildman–Crippen MR) is 78.8 cm³/mol. The molecule has 1 heteroatoms. The molecular formula is C16H18S. The van der Waals surface area contributed by atoms with Gasteiger partial charge in [0.05, 0.1) is 0 Å². The highest BCUT2D eigenvalue weighted by Crippen LogP contribution is 2.21. The minimum Gasteiger partial charge on any atom is -0.176 e. The second-order valence-corrected chi connectivity index (χ2v) is 5.50. The van der Waals surface area contributed by atoms with Crippen molar-refractivity contribution in [1.29, 1.82) is 0 Å². The van der Waals surface area contributed by atoms with Crippen LogP contribution in [0.3, 0.4) is 0 Å². The van der Waals surface area contributed by atoms with Crippen LogP contribution in [-0.4, -0.2) is 5.25 Å². The number of hydrogen-bond donors (Lipinski definition) is 1. The van der Waals surface area contributed by atoms with Crippen LogP contribution in [0.15, 0.2) is 48.5 Å². The molecule has 0 nitrogen and oxygen atoms in total. The quantitative estimate of drug-likeness (QED) is 0.751. The molecule has 0 N–H and O–H groups in total. The predicted octanol–water partition coefficient (Wildman–Crippen LogP) is 4.52. The van der Waals surface area contributed by atoms with E-state index < -0.39 is 0 Å². The number of rotatable bonds is 3. The van der Waals surface area contributed by atoms with Crippen molar-refractivity contribution in [3.63, 3.8) is 0 Å². The Balaban J connectivity index is 2.20. The molecule has 0 aliphatic rings. The highest BCUT2D eigenvalue weighted by molar-refractivity contribution is 7.80. The molecule has 2 rings (SSSR count). The maximum atomic E-state index is 4.42. The molecule has 0 radical (unpaired) electrons. The number of thiol groups is 1. The van der Waals surface area contributed by atoms with Crippen molar-refractivity contribution >= 4 is 12.6 Å². The van der Waals surface area contributed by atoms with Crippen LogP contribution in [0.4, 0.5) is 0 Å². The summed E-state index contributed by atoms with van der Waals surface area (Å²) >= 11 is 4.42. The first-order chi connectivity index (χ1) is 8.15. The first kappa shape index (κ1) is 12.3. The van der Waals surface area contributed by atoms with E-state index >= 15 is 0 Å². The Morgan fingerprint density at radius 2 is 1.35 bits per heavy atom. The van der Waals surface area contributed by atoms with Crippen LogP contribution in [0.25, 0.3) is 11.1 Å². The Bertz CT molecular complexity index is 466. The molecule has 1 unspecified atom stereocenters. The van der Waals surface area contributed by atoms with Gasteiger partial charge >= 0.3 is 0 Å². The second kappa shape index (κ2) is 5.42. The van der Waals surface area contributed by atoms with Crippen molar-refractivity contribution in [2.75, 3.05) is 0 Å². The molecule has 0 amide bonds. The van der Waals surface area contributed by atoms with E-state index in [0.29, 0.717) is 5.25 Å². The Morgan fingerprint density at radius 1 is 0.882 bits per heavy atom. The van der Waals surface area contributed by atoms with Gasteiger partial charge in [-0.1, -0.05) is 61.0 Å². The fraction of sp³-hybridized carbons (Fsp3) is 0.250. The Morgan fingerprint density at radius 3 is 1.82 bits per heavy atom. The minimum absolute atomic E-state index is 0.417. The van der Waals surface area contributed by atoms with Gasteiger partial charge < -0.3 is 0 Å². The number of hydrogen-bond acceptors (Lipinski definition) is 1. The van der Waals surface area contributed by atoms with Crippen molar-refractivity contribution in [1.82, 2.24) is 0 Å². The zero-order chi connectivity index (χ0) is 12.3. The van der Waals surface area contributed by atoms with Gasteiger partial charge in [0.15, 0.2) is 0 Å². The Kier molecular flexibility index (Phi) is 3.90. The van der Waals surface area contributed by atoms with Crippen LogP contribution in [-0.2, 0) is 6.42 Å². The third kappa shape index (κ3) is 3.37. The maximum absolute atomic E-state index is 4.42.